The first-order valence-electron chi connectivity index (χ1n) is 6.72. The molecule has 1 amide bonds. The Balaban J connectivity index is 1.78. The average molecular weight is 288 g/mol. The summed E-state index contributed by atoms with van der Waals surface area (Å²) in [5.41, 5.74) is 1.30. The Bertz CT molecular complexity index is 639. The number of amides is 1. The fourth-order valence-corrected chi connectivity index (χ4v) is 2.78. The molecule has 5 heteroatoms. The lowest BCUT2D eigenvalue weighted by atomic mass is 10.1. The molecule has 1 saturated heterocycles. The van der Waals surface area contributed by atoms with Crippen molar-refractivity contribution in [3.63, 3.8) is 0 Å². The zero-order chi connectivity index (χ0) is 13.9. The Morgan fingerprint density at radius 1 is 1.45 bits per heavy atom. The highest BCUT2D eigenvalue weighted by Gasteiger charge is 2.18. The minimum atomic E-state index is -0.127. The summed E-state index contributed by atoms with van der Waals surface area (Å²) in [6, 6.07) is 7.50. The molecule has 0 saturated carbocycles. The van der Waals surface area contributed by atoms with Crippen molar-refractivity contribution in [1.29, 1.82) is 0 Å². The highest BCUT2D eigenvalue weighted by molar-refractivity contribution is 7.80. The number of benzene rings is 1. The molecule has 20 heavy (non-hydrogen) atoms. The van der Waals surface area contributed by atoms with Crippen LogP contribution in [0.3, 0.4) is 0 Å². The molecule has 0 bridgehead atoms. The minimum Gasteiger partial charge on any atom is -0.376 e. The van der Waals surface area contributed by atoms with Gasteiger partial charge in [-0.2, -0.15) is 0 Å². The second-order valence-corrected chi connectivity index (χ2v) is 5.33. The molecule has 1 atom stereocenters. The molecule has 1 fully saturated rings. The van der Waals surface area contributed by atoms with E-state index in [-0.39, 0.29) is 12.0 Å². The van der Waals surface area contributed by atoms with Crippen LogP contribution in [0.2, 0.25) is 0 Å². The third-order valence-corrected chi connectivity index (χ3v) is 3.96. The van der Waals surface area contributed by atoms with Gasteiger partial charge < -0.3 is 10.1 Å². The lowest BCUT2D eigenvalue weighted by molar-refractivity contribution is 0.0855. The Morgan fingerprint density at radius 3 is 3.15 bits per heavy atom. The number of fused-ring (bicyclic) bond motifs is 1. The largest absolute Gasteiger partial charge is 0.376 e. The monoisotopic (exact) mass is 288 g/mol. The predicted octanol–water partition coefficient (Wildman–Crippen LogP) is 2.43. The smallest absolute Gasteiger partial charge is 0.252 e. The van der Waals surface area contributed by atoms with E-state index in [2.05, 4.69) is 22.9 Å². The molecule has 1 aromatic heterocycles. The number of carbonyl (C=O) groups is 1. The van der Waals surface area contributed by atoms with E-state index in [1.54, 1.807) is 12.3 Å². The number of aromatic nitrogens is 1. The number of hydrogen-bond acceptors (Lipinski definition) is 4. The van der Waals surface area contributed by atoms with Gasteiger partial charge in [-0.25, -0.2) is 0 Å². The standard InChI is InChI=1S/C15H16N2O2S/c18-15(17-9-11-4-2-8-19-11)12-6-5-10-3-1-7-16-13(10)14(12)20/h1,3,5-7,11,20H,2,4,8-9H2,(H,17,18). The van der Waals surface area contributed by atoms with Crippen LogP contribution in [0.1, 0.15) is 23.2 Å². The van der Waals surface area contributed by atoms with Crippen LogP contribution in [-0.4, -0.2) is 30.1 Å². The van der Waals surface area contributed by atoms with E-state index in [4.69, 9.17) is 4.74 Å². The van der Waals surface area contributed by atoms with Gasteiger partial charge in [-0.15, -0.1) is 12.6 Å². The summed E-state index contributed by atoms with van der Waals surface area (Å²) in [4.78, 5) is 17.1. The Morgan fingerprint density at radius 2 is 2.35 bits per heavy atom. The maximum atomic E-state index is 12.2. The maximum absolute atomic E-state index is 12.2. The molecule has 0 aliphatic carbocycles. The zero-order valence-electron chi connectivity index (χ0n) is 11.0. The van der Waals surface area contributed by atoms with Crippen molar-refractivity contribution in [2.75, 3.05) is 13.2 Å². The number of hydrogen-bond donors (Lipinski definition) is 2. The summed E-state index contributed by atoms with van der Waals surface area (Å²) in [5.74, 6) is -0.127. The van der Waals surface area contributed by atoms with Crippen LogP contribution in [0.25, 0.3) is 10.9 Å². The lowest BCUT2D eigenvalue weighted by Crippen LogP contribution is -2.32. The van der Waals surface area contributed by atoms with Crippen LogP contribution in [0.5, 0.6) is 0 Å². The van der Waals surface area contributed by atoms with E-state index < -0.39 is 0 Å². The first-order valence-corrected chi connectivity index (χ1v) is 7.17. The number of ether oxygens (including phenoxy) is 1. The lowest BCUT2D eigenvalue weighted by Gasteiger charge is -2.12. The van der Waals surface area contributed by atoms with Crippen LogP contribution in [0.15, 0.2) is 35.4 Å². The number of nitrogens with one attached hydrogen (secondary N) is 1. The van der Waals surface area contributed by atoms with Gasteiger partial charge in [-0.05, 0) is 25.0 Å². The van der Waals surface area contributed by atoms with E-state index in [0.717, 1.165) is 30.4 Å². The van der Waals surface area contributed by atoms with Crippen LogP contribution in [-0.2, 0) is 4.74 Å². The van der Waals surface area contributed by atoms with Crippen molar-refractivity contribution in [2.24, 2.45) is 0 Å². The van der Waals surface area contributed by atoms with Gasteiger partial charge in [0.15, 0.2) is 0 Å². The molecule has 1 unspecified atom stereocenters. The van der Waals surface area contributed by atoms with Gasteiger partial charge in [0.25, 0.3) is 5.91 Å². The van der Waals surface area contributed by atoms with E-state index in [1.165, 1.54) is 0 Å². The fourth-order valence-electron chi connectivity index (χ4n) is 2.42. The number of thiol groups is 1. The Kier molecular flexibility index (Phi) is 3.89. The number of carbonyl (C=O) groups excluding carboxylic acids is 1. The molecular formula is C15H16N2O2S. The van der Waals surface area contributed by atoms with Crippen LogP contribution >= 0.6 is 12.6 Å². The van der Waals surface area contributed by atoms with Gasteiger partial charge in [-0.3, -0.25) is 9.78 Å². The molecule has 1 aromatic carbocycles. The van der Waals surface area contributed by atoms with Gasteiger partial charge in [0.1, 0.15) is 0 Å². The summed E-state index contributed by atoms with van der Waals surface area (Å²) < 4.78 is 5.49. The van der Waals surface area contributed by atoms with Crippen molar-refractivity contribution in [1.82, 2.24) is 10.3 Å². The van der Waals surface area contributed by atoms with E-state index in [0.29, 0.717) is 17.0 Å². The van der Waals surface area contributed by atoms with Gasteiger partial charge >= 0.3 is 0 Å². The van der Waals surface area contributed by atoms with Gasteiger partial charge in [0.2, 0.25) is 0 Å². The Hall–Kier alpha value is -1.59. The highest BCUT2D eigenvalue weighted by Crippen LogP contribution is 2.23. The highest BCUT2D eigenvalue weighted by atomic mass is 32.1. The predicted molar refractivity (Wildman–Crippen MR) is 80.3 cm³/mol. The summed E-state index contributed by atoms with van der Waals surface area (Å²) in [6.45, 7) is 1.34. The molecule has 0 radical (unpaired) electrons. The van der Waals surface area contributed by atoms with Crippen LogP contribution in [0.4, 0.5) is 0 Å². The minimum absolute atomic E-state index is 0.127. The first-order chi connectivity index (χ1) is 9.75. The summed E-state index contributed by atoms with van der Waals surface area (Å²) >= 11 is 4.45. The van der Waals surface area contributed by atoms with Gasteiger partial charge in [0.05, 0.1) is 17.2 Å². The van der Waals surface area contributed by atoms with Crippen LogP contribution < -0.4 is 5.32 Å². The molecule has 2 aromatic rings. The molecule has 1 aliphatic rings. The number of nitrogens with zero attached hydrogens (tertiary/aromatic N) is 1. The van der Waals surface area contributed by atoms with Crippen molar-refractivity contribution >= 4 is 29.4 Å². The first kappa shape index (κ1) is 13.4. The maximum Gasteiger partial charge on any atom is 0.252 e. The topological polar surface area (TPSA) is 51.2 Å². The second kappa shape index (κ2) is 5.81. The average Bonchev–Trinajstić information content (AvgIpc) is 2.99. The number of pyridine rings is 1. The van der Waals surface area contributed by atoms with Gasteiger partial charge in [0, 0.05) is 29.6 Å². The van der Waals surface area contributed by atoms with Crippen molar-refractivity contribution in [3.05, 3.63) is 36.0 Å². The molecule has 0 spiro atoms. The molecular weight excluding hydrogens is 272 g/mol. The number of rotatable bonds is 3. The fraction of sp³-hybridized carbons (Fsp3) is 0.333. The normalized spacial score (nSPS) is 18.4. The van der Waals surface area contributed by atoms with E-state index in [1.807, 2.05) is 18.2 Å². The third-order valence-electron chi connectivity index (χ3n) is 3.51. The van der Waals surface area contributed by atoms with Crippen molar-refractivity contribution in [3.8, 4) is 0 Å². The summed E-state index contributed by atoms with van der Waals surface area (Å²) in [6.07, 6.45) is 3.92. The SMILES string of the molecule is O=C(NCC1CCCO1)c1ccc2cccnc2c1S. The molecule has 4 nitrogen and oxygen atoms in total. The molecule has 1 N–H and O–H groups in total. The van der Waals surface area contributed by atoms with Gasteiger partial charge in [-0.1, -0.05) is 12.1 Å². The summed E-state index contributed by atoms with van der Waals surface area (Å²) in [5, 5.41) is 3.89. The third kappa shape index (κ3) is 2.64. The molecule has 3 rings (SSSR count). The van der Waals surface area contributed by atoms with Crippen molar-refractivity contribution in [2.45, 2.75) is 23.8 Å². The molecule has 2 heterocycles. The van der Waals surface area contributed by atoms with Crippen LogP contribution in [0, 0.1) is 0 Å². The molecule has 104 valence electrons. The van der Waals surface area contributed by atoms with E-state index >= 15 is 0 Å². The van der Waals surface area contributed by atoms with Crippen molar-refractivity contribution < 1.29 is 9.53 Å². The van der Waals surface area contributed by atoms with E-state index in [9.17, 15) is 4.79 Å². The quantitative estimate of drug-likeness (QED) is 0.853. The Labute approximate surface area is 122 Å². The summed E-state index contributed by atoms with van der Waals surface area (Å²) in [7, 11) is 0. The second-order valence-electron chi connectivity index (χ2n) is 4.88. The zero-order valence-corrected chi connectivity index (χ0v) is 11.9. The molecule has 1 aliphatic heterocycles.